The second-order valence-corrected chi connectivity index (χ2v) is 9.08. The molecule has 35 heavy (non-hydrogen) atoms. The molecule has 2 aliphatic rings. The van der Waals surface area contributed by atoms with E-state index >= 15 is 0 Å². The van der Waals surface area contributed by atoms with Crippen LogP contribution in [0.4, 0.5) is 20.2 Å². The van der Waals surface area contributed by atoms with Gasteiger partial charge in [0.1, 0.15) is 5.69 Å². The number of hydrogen-bond acceptors (Lipinski definition) is 6. The summed E-state index contributed by atoms with van der Waals surface area (Å²) in [5.41, 5.74) is 4.43. The minimum atomic E-state index is -3.14. The lowest BCUT2D eigenvalue weighted by Crippen LogP contribution is -2.49. The van der Waals surface area contributed by atoms with E-state index in [1.807, 2.05) is 31.2 Å². The van der Waals surface area contributed by atoms with Gasteiger partial charge in [0.15, 0.2) is 0 Å². The molecule has 2 unspecified atom stereocenters. The van der Waals surface area contributed by atoms with E-state index in [4.69, 9.17) is 4.74 Å². The van der Waals surface area contributed by atoms with Gasteiger partial charge in [-0.15, -0.1) is 0 Å². The highest BCUT2D eigenvalue weighted by atomic mass is 19.3. The molecule has 0 radical (unpaired) electrons. The lowest BCUT2D eigenvalue weighted by Gasteiger charge is -2.43. The number of carbonyl (C=O) groups excluding carboxylic acids is 1. The Balaban J connectivity index is 1.44. The lowest BCUT2D eigenvalue weighted by molar-refractivity contribution is 0.0127. The molecule has 0 bridgehead atoms. The fourth-order valence-corrected chi connectivity index (χ4v) is 4.70. The molecule has 0 saturated carbocycles. The molecule has 2 N–H and O–H groups in total. The summed E-state index contributed by atoms with van der Waals surface area (Å²) in [4.78, 5) is 23.1. The number of aliphatic hydroxyl groups is 1. The first-order chi connectivity index (χ1) is 16.7. The summed E-state index contributed by atoms with van der Waals surface area (Å²) in [7, 11) is 0. The van der Waals surface area contributed by atoms with Crippen molar-refractivity contribution in [3.05, 3.63) is 71.3 Å². The molecule has 1 aromatic carbocycles. The maximum absolute atomic E-state index is 13.6. The molecule has 1 amide bonds. The molecule has 9 heteroatoms. The number of amides is 1. The van der Waals surface area contributed by atoms with Crippen LogP contribution in [0.25, 0.3) is 11.1 Å². The Morgan fingerprint density at radius 3 is 2.86 bits per heavy atom. The van der Waals surface area contributed by atoms with Crippen molar-refractivity contribution in [2.45, 2.75) is 38.3 Å². The third kappa shape index (κ3) is 4.61. The first-order valence-corrected chi connectivity index (χ1v) is 11.5. The van der Waals surface area contributed by atoms with Gasteiger partial charge in [-0.2, -0.15) is 8.78 Å². The van der Waals surface area contributed by atoms with Crippen LogP contribution in [0.1, 0.15) is 46.8 Å². The molecule has 4 heterocycles. The number of halogens is 2. The lowest BCUT2D eigenvalue weighted by atomic mass is 9.90. The van der Waals surface area contributed by atoms with Crippen molar-refractivity contribution in [3.8, 4) is 11.1 Å². The standard InChI is InChI=1S/C26H26F2N4O3/c1-15-21(16-3-4-20-22(9-16)32-7-8-35-14-19(32)12-23(20)33)11-18(13-30-15)31-25(34)17-5-6-29-24(10-17)26(2,27)28/h3-6,9-11,13,19,23,33H,7-8,12,14H2,1-2H3,(H,31,34). The highest BCUT2D eigenvalue weighted by molar-refractivity contribution is 6.04. The van der Waals surface area contributed by atoms with E-state index in [-0.39, 0.29) is 11.6 Å². The van der Waals surface area contributed by atoms with Gasteiger partial charge in [-0.3, -0.25) is 14.8 Å². The number of carbonyl (C=O) groups is 1. The van der Waals surface area contributed by atoms with Gasteiger partial charge in [-0.05, 0) is 36.8 Å². The minimum absolute atomic E-state index is 0.0831. The Morgan fingerprint density at radius 2 is 2.06 bits per heavy atom. The quantitative estimate of drug-likeness (QED) is 0.574. The van der Waals surface area contributed by atoms with Crippen LogP contribution in [0.2, 0.25) is 0 Å². The molecule has 2 atom stereocenters. The zero-order chi connectivity index (χ0) is 24.7. The summed E-state index contributed by atoms with van der Waals surface area (Å²) in [5.74, 6) is -3.67. The number of ether oxygens (including phenoxy) is 1. The van der Waals surface area contributed by atoms with E-state index in [1.54, 1.807) is 0 Å². The van der Waals surface area contributed by atoms with E-state index in [2.05, 4.69) is 20.2 Å². The van der Waals surface area contributed by atoms with Gasteiger partial charge in [0.2, 0.25) is 0 Å². The zero-order valence-corrected chi connectivity index (χ0v) is 19.5. The number of anilines is 2. The summed E-state index contributed by atoms with van der Waals surface area (Å²) < 4.78 is 32.9. The number of pyridine rings is 2. The number of rotatable bonds is 4. The number of nitrogens with zero attached hydrogens (tertiary/aromatic N) is 3. The maximum atomic E-state index is 13.6. The van der Waals surface area contributed by atoms with Gasteiger partial charge < -0.3 is 20.1 Å². The van der Waals surface area contributed by atoms with Gasteiger partial charge in [0.05, 0.1) is 37.2 Å². The largest absolute Gasteiger partial charge is 0.388 e. The summed E-state index contributed by atoms with van der Waals surface area (Å²) in [5, 5.41) is 13.4. The van der Waals surface area contributed by atoms with Crippen LogP contribution in [0.15, 0.2) is 48.8 Å². The second-order valence-electron chi connectivity index (χ2n) is 9.08. The second kappa shape index (κ2) is 8.98. The summed E-state index contributed by atoms with van der Waals surface area (Å²) >= 11 is 0. The first-order valence-electron chi connectivity index (χ1n) is 11.5. The topological polar surface area (TPSA) is 87.6 Å². The number of aromatic nitrogens is 2. The molecule has 1 fully saturated rings. The molecule has 0 spiro atoms. The Bertz CT molecular complexity index is 1280. The zero-order valence-electron chi connectivity index (χ0n) is 19.5. The molecule has 0 aliphatic carbocycles. The Labute approximate surface area is 201 Å². The molecule has 2 aliphatic heterocycles. The number of benzene rings is 1. The van der Waals surface area contributed by atoms with Crippen molar-refractivity contribution in [2.75, 3.05) is 30.0 Å². The van der Waals surface area contributed by atoms with Crippen molar-refractivity contribution < 1.29 is 23.4 Å². The van der Waals surface area contributed by atoms with Crippen LogP contribution >= 0.6 is 0 Å². The highest BCUT2D eigenvalue weighted by Crippen LogP contribution is 2.41. The van der Waals surface area contributed by atoms with Crippen molar-refractivity contribution in [1.29, 1.82) is 0 Å². The van der Waals surface area contributed by atoms with E-state index in [9.17, 15) is 18.7 Å². The number of aliphatic hydroxyl groups excluding tert-OH is 1. The molecule has 7 nitrogen and oxygen atoms in total. The van der Waals surface area contributed by atoms with Crippen molar-refractivity contribution in [1.82, 2.24) is 9.97 Å². The molecule has 3 aromatic rings. The highest BCUT2D eigenvalue weighted by Gasteiger charge is 2.34. The van der Waals surface area contributed by atoms with Gasteiger partial charge in [0, 0.05) is 54.2 Å². The fraction of sp³-hybridized carbons (Fsp3) is 0.346. The number of morpholine rings is 1. The normalized spacial score (nSPS) is 19.6. The van der Waals surface area contributed by atoms with Crippen LogP contribution < -0.4 is 10.2 Å². The first kappa shape index (κ1) is 23.3. The summed E-state index contributed by atoms with van der Waals surface area (Å²) in [6, 6.07) is 10.4. The number of aryl methyl sites for hydroxylation is 1. The number of nitrogens with one attached hydrogen (secondary N) is 1. The Morgan fingerprint density at radius 1 is 1.23 bits per heavy atom. The van der Waals surface area contributed by atoms with Crippen LogP contribution in [-0.4, -0.2) is 46.8 Å². The molecule has 182 valence electrons. The van der Waals surface area contributed by atoms with Crippen LogP contribution in [-0.2, 0) is 10.7 Å². The number of alkyl halides is 2. The van der Waals surface area contributed by atoms with E-state index in [0.29, 0.717) is 25.3 Å². The van der Waals surface area contributed by atoms with E-state index < -0.39 is 23.6 Å². The molecular formula is C26H26F2N4O3. The molecule has 1 saturated heterocycles. The third-order valence-electron chi connectivity index (χ3n) is 6.55. The van der Waals surface area contributed by atoms with Gasteiger partial charge in [-0.1, -0.05) is 12.1 Å². The molecule has 5 rings (SSSR count). The Kier molecular flexibility index (Phi) is 5.98. The average molecular weight is 481 g/mol. The van der Waals surface area contributed by atoms with Gasteiger partial charge in [0.25, 0.3) is 11.8 Å². The smallest absolute Gasteiger partial charge is 0.286 e. The molecule has 2 aromatic heterocycles. The predicted octanol–water partition coefficient (Wildman–Crippen LogP) is 4.46. The van der Waals surface area contributed by atoms with E-state index in [0.717, 1.165) is 47.6 Å². The van der Waals surface area contributed by atoms with Gasteiger partial charge >= 0.3 is 0 Å². The van der Waals surface area contributed by atoms with Crippen molar-refractivity contribution >= 4 is 17.3 Å². The van der Waals surface area contributed by atoms with Crippen LogP contribution in [0.5, 0.6) is 0 Å². The van der Waals surface area contributed by atoms with Crippen LogP contribution in [0.3, 0.4) is 0 Å². The van der Waals surface area contributed by atoms with Crippen LogP contribution in [0, 0.1) is 6.92 Å². The number of hydrogen-bond donors (Lipinski definition) is 2. The summed E-state index contributed by atoms with van der Waals surface area (Å²) in [6.07, 6.45) is 2.82. The average Bonchev–Trinajstić information content (AvgIpc) is 2.84. The SMILES string of the molecule is Cc1ncc(NC(=O)c2ccnc(C(C)(F)F)c2)cc1-c1ccc2c(c1)N1CCOCC1CC2O. The third-order valence-corrected chi connectivity index (χ3v) is 6.55. The maximum Gasteiger partial charge on any atom is 0.286 e. The fourth-order valence-electron chi connectivity index (χ4n) is 4.70. The van der Waals surface area contributed by atoms with E-state index in [1.165, 1.54) is 18.5 Å². The van der Waals surface area contributed by atoms with Gasteiger partial charge in [-0.25, -0.2) is 0 Å². The Hall–Kier alpha value is -3.43. The summed E-state index contributed by atoms with van der Waals surface area (Å²) in [6.45, 7) is 4.60. The van der Waals surface area contributed by atoms with Crippen molar-refractivity contribution in [2.24, 2.45) is 0 Å². The number of fused-ring (bicyclic) bond motifs is 3. The minimum Gasteiger partial charge on any atom is -0.388 e. The molecular weight excluding hydrogens is 454 g/mol. The van der Waals surface area contributed by atoms with Crippen molar-refractivity contribution in [3.63, 3.8) is 0 Å². The monoisotopic (exact) mass is 480 g/mol. The predicted molar refractivity (Wildman–Crippen MR) is 128 cm³/mol.